The van der Waals surface area contributed by atoms with Crippen molar-refractivity contribution in [2.24, 2.45) is 0 Å². The van der Waals surface area contributed by atoms with Gasteiger partial charge in [-0.1, -0.05) is 188 Å². The molecule has 0 radical (unpaired) electrons. The predicted octanol–water partition coefficient (Wildman–Crippen LogP) is 14.6. The van der Waals surface area contributed by atoms with Gasteiger partial charge in [0.05, 0.1) is 28.0 Å². The molecule has 0 saturated carbocycles. The molecule has 0 saturated heterocycles. The summed E-state index contributed by atoms with van der Waals surface area (Å²) in [6.45, 7) is 0. The lowest BCUT2D eigenvalue weighted by atomic mass is 9.98. The number of para-hydroxylation sites is 1. The molecule has 0 atom stereocenters. The van der Waals surface area contributed by atoms with Gasteiger partial charge in [-0.3, -0.25) is 0 Å². The first-order valence-electron chi connectivity index (χ1n) is 19.8. The van der Waals surface area contributed by atoms with Gasteiger partial charge in [0.2, 0.25) is 0 Å². The fourth-order valence-corrected chi connectivity index (χ4v) is 8.06. The maximum atomic E-state index is 6.59. The molecule has 0 aliphatic carbocycles. The molecule has 4 heteroatoms. The van der Waals surface area contributed by atoms with Crippen LogP contribution in [0, 0.1) is 0 Å². The zero-order chi connectivity index (χ0) is 39.1. The molecule has 0 fully saturated rings. The van der Waals surface area contributed by atoms with Crippen LogP contribution in [0.3, 0.4) is 0 Å². The van der Waals surface area contributed by atoms with E-state index < -0.39 is 0 Å². The van der Waals surface area contributed by atoms with Crippen molar-refractivity contribution in [3.8, 4) is 78.5 Å². The lowest BCUT2D eigenvalue weighted by Crippen LogP contribution is -1.96. The van der Waals surface area contributed by atoms with Gasteiger partial charge in [-0.25, -0.2) is 15.0 Å². The zero-order valence-electron chi connectivity index (χ0n) is 32.0. The number of hydrogen-bond acceptors (Lipinski definition) is 4. The highest BCUT2D eigenvalue weighted by Crippen LogP contribution is 2.41. The van der Waals surface area contributed by atoms with Gasteiger partial charge in [-0.2, -0.15) is 0 Å². The van der Waals surface area contributed by atoms with Crippen LogP contribution in [0.25, 0.3) is 111 Å². The third kappa shape index (κ3) is 6.43. The molecule has 11 aromatic rings. The monoisotopic (exact) mass is 753 g/mol. The highest BCUT2D eigenvalue weighted by atomic mass is 16.3. The minimum Gasteiger partial charge on any atom is -0.455 e. The van der Waals surface area contributed by atoms with E-state index in [9.17, 15) is 0 Å². The SMILES string of the molecule is c1ccc(-c2ccc(-c3cc(-c4ccc(-c5ccccc5)cc4)nc(-c4ccc(-c5ccc6nc(-c7ccccc7)c7c8ccccc8oc7c6c5)cc4)n3)cc2)cc1. The van der Waals surface area contributed by atoms with Crippen molar-refractivity contribution in [2.75, 3.05) is 0 Å². The Labute approximate surface area is 341 Å². The summed E-state index contributed by atoms with van der Waals surface area (Å²) >= 11 is 0. The molecule has 276 valence electrons. The van der Waals surface area contributed by atoms with E-state index in [0.29, 0.717) is 5.82 Å². The number of hydrogen-bond donors (Lipinski definition) is 0. The summed E-state index contributed by atoms with van der Waals surface area (Å²) in [6, 6.07) is 73.8. The molecule has 0 N–H and O–H groups in total. The van der Waals surface area contributed by atoms with Crippen molar-refractivity contribution in [1.29, 1.82) is 0 Å². The van der Waals surface area contributed by atoms with Crippen LogP contribution in [0.15, 0.2) is 217 Å². The number of pyridine rings is 1. The fourth-order valence-electron chi connectivity index (χ4n) is 8.06. The van der Waals surface area contributed by atoms with Gasteiger partial charge in [0.1, 0.15) is 11.2 Å². The zero-order valence-corrected chi connectivity index (χ0v) is 32.0. The lowest BCUT2D eigenvalue weighted by Gasteiger charge is -2.12. The summed E-state index contributed by atoms with van der Waals surface area (Å²) in [4.78, 5) is 15.5. The molecule has 0 bridgehead atoms. The first kappa shape index (κ1) is 34.3. The van der Waals surface area contributed by atoms with Crippen molar-refractivity contribution < 1.29 is 4.42 Å². The Bertz CT molecular complexity index is 3170. The van der Waals surface area contributed by atoms with Gasteiger partial charge in [-0.15, -0.1) is 0 Å². The molecule has 3 aromatic heterocycles. The summed E-state index contributed by atoms with van der Waals surface area (Å²) in [6.07, 6.45) is 0. The highest BCUT2D eigenvalue weighted by molar-refractivity contribution is 6.19. The maximum absolute atomic E-state index is 6.59. The molecular weight excluding hydrogens is 719 g/mol. The average Bonchev–Trinajstić information content (AvgIpc) is 3.72. The first-order chi connectivity index (χ1) is 29.2. The Morgan fingerprint density at radius 3 is 1.32 bits per heavy atom. The van der Waals surface area contributed by atoms with E-state index >= 15 is 0 Å². The van der Waals surface area contributed by atoms with E-state index in [1.165, 1.54) is 11.1 Å². The molecule has 11 rings (SSSR count). The summed E-state index contributed by atoms with van der Waals surface area (Å²) in [5, 5.41) is 3.07. The van der Waals surface area contributed by atoms with Crippen LogP contribution in [0.4, 0.5) is 0 Å². The molecule has 59 heavy (non-hydrogen) atoms. The summed E-state index contributed by atoms with van der Waals surface area (Å²) in [5.41, 5.74) is 16.2. The molecule has 0 aliphatic heterocycles. The molecular formula is C55H35N3O. The average molecular weight is 754 g/mol. The molecule has 4 nitrogen and oxygen atoms in total. The van der Waals surface area contributed by atoms with Crippen LogP contribution in [-0.2, 0) is 0 Å². The Hall–Kier alpha value is -7.95. The van der Waals surface area contributed by atoms with E-state index in [4.69, 9.17) is 19.4 Å². The van der Waals surface area contributed by atoms with Gasteiger partial charge >= 0.3 is 0 Å². The van der Waals surface area contributed by atoms with Crippen molar-refractivity contribution >= 4 is 32.8 Å². The normalized spacial score (nSPS) is 11.4. The van der Waals surface area contributed by atoms with Gasteiger partial charge in [0, 0.05) is 33.0 Å². The summed E-state index contributed by atoms with van der Waals surface area (Å²) < 4.78 is 6.59. The Morgan fingerprint density at radius 1 is 0.305 bits per heavy atom. The predicted molar refractivity (Wildman–Crippen MR) is 243 cm³/mol. The quantitative estimate of drug-likeness (QED) is 0.163. The van der Waals surface area contributed by atoms with Crippen LogP contribution < -0.4 is 0 Å². The van der Waals surface area contributed by atoms with Crippen LogP contribution in [-0.4, -0.2) is 15.0 Å². The second kappa shape index (κ2) is 14.5. The van der Waals surface area contributed by atoms with Gasteiger partial charge in [0.25, 0.3) is 0 Å². The van der Waals surface area contributed by atoms with Gasteiger partial charge in [-0.05, 0) is 57.6 Å². The minimum atomic E-state index is 0.670. The molecule has 0 unspecified atom stereocenters. The molecule has 0 amide bonds. The third-order valence-electron chi connectivity index (χ3n) is 11.1. The van der Waals surface area contributed by atoms with Crippen molar-refractivity contribution in [1.82, 2.24) is 15.0 Å². The largest absolute Gasteiger partial charge is 0.455 e. The number of furan rings is 1. The highest BCUT2D eigenvalue weighted by Gasteiger charge is 2.19. The Balaban J connectivity index is 0.984. The topological polar surface area (TPSA) is 51.8 Å². The molecule has 0 spiro atoms. The van der Waals surface area contributed by atoms with Gasteiger partial charge < -0.3 is 4.42 Å². The number of fused-ring (bicyclic) bond motifs is 5. The van der Waals surface area contributed by atoms with Crippen LogP contribution >= 0.6 is 0 Å². The van der Waals surface area contributed by atoms with E-state index in [0.717, 1.165) is 94.4 Å². The smallest absolute Gasteiger partial charge is 0.160 e. The van der Waals surface area contributed by atoms with E-state index in [2.05, 4.69) is 182 Å². The fraction of sp³-hybridized carbons (Fsp3) is 0. The standard InChI is InChI=1S/C55H35N3O/c1-4-12-36(13-5-1)38-20-26-41(27-21-38)49-35-50(42-28-22-39(23-29-42)37-14-6-2-7-15-37)58-55(57-49)44-30-24-40(25-31-44)45-32-33-48-47(34-45)54-52(46-18-10-11-19-51(46)59-54)53(56-48)43-16-8-3-9-17-43/h1-35H. The Morgan fingerprint density at radius 2 is 0.746 bits per heavy atom. The summed E-state index contributed by atoms with van der Waals surface area (Å²) in [7, 11) is 0. The number of aromatic nitrogens is 3. The van der Waals surface area contributed by atoms with Crippen LogP contribution in [0.5, 0.6) is 0 Å². The van der Waals surface area contributed by atoms with E-state index in [1.54, 1.807) is 0 Å². The van der Waals surface area contributed by atoms with Crippen LogP contribution in [0.1, 0.15) is 0 Å². The molecule has 8 aromatic carbocycles. The Kier molecular flexibility index (Phi) is 8.45. The number of rotatable bonds is 7. The molecule has 0 aliphatic rings. The third-order valence-corrected chi connectivity index (χ3v) is 11.1. The second-order valence-electron chi connectivity index (χ2n) is 14.8. The number of nitrogens with zero attached hydrogens (tertiary/aromatic N) is 3. The van der Waals surface area contributed by atoms with E-state index in [-0.39, 0.29) is 0 Å². The molecule has 3 heterocycles. The van der Waals surface area contributed by atoms with Crippen molar-refractivity contribution in [3.05, 3.63) is 212 Å². The van der Waals surface area contributed by atoms with Gasteiger partial charge in [0.15, 0.2) is 5.82 Å². The van der Waals surface area contributed by atoms with Crippen molar-refractivity contribution in [3.63, 3.8) is 0 Å². The lowest BCUT2D eigenvalue weighted by molar-refractivity contribution is 0.672. The first-order valence-corrected chi connectivity index (χ1v) is 19.8. The van der Waals surface area contributed by atoms with Crippen LogP contribution in [0.2, 0.25) is 0 Å². The van der Waals surface area contributed by atoms with E-state index in [1.807, 2.05) is 30.3 Å². The second-order valence-corrected chi connectivity index (χ2v) is 14.8. The van der Waals surface area contributed by atoms with Crippen molar-refractivity contribution in [2.45, 2.75) is 0 Å². The maximum Gasteiger partial charge on any atom is 0.160 e. The minimum absolute atomic E-state index is 0.670. The number of benzene rings is 8. The summed E-state index contributed by atoms with van der Waals surface area (Å²) in [5.74, 6) is 0.670.